The van der Waals surface area contributed by atoms with Crippen LogP contribution in [-0.4, -0.2) is 71.4 Å². The third kappa shape index (κ3) is 7.43. The number of pyridine rings is 3. The van der Waals surface area contributed by atoms with Crippen LogP contribution < -0.4 is 16.0 Å². The van der Waals surface area contributed by atoms with Crippen molar-refractivity contribution >= 4 is 34.6 Å². The van der Waals surface area contributed by atoms with Crippen molar-refractivity contribution in [3.8, 4) is 0 Å². The first-order valence-corrected chi connectivity index (χ1v) is 17.0. The standard InChI is InChI=1S/3C12H15N3/c3*1-4-10(8-13-5-1)11-7-9-3-2-6-14-12(9)15-11/h3*2-3,6,10,13H,1,4-5,7-8H2. The van der Waals surface area contributed by atoms with Gasteiger partial charge in [-0.05, 0) is 76.4 Å². The average Bonchev–Trinajstić information content (AvgIpc) is 3.87. The Morgan fingerprint density at radius 3 is 1.07 bits per heavy atom. The fourth-order valence-electron chi connectivity index (χ4n) is 7.23. The van der Waals surface area contributed by atoms with Crippen molar-refractivity contribution in [1.29, 1.82) is 0 Å². The van der Waals surface area contributed by atoms with Crippen LogP contribution in [-0.2, 0) is 19.3 Å². The summed E-state index contributed by atoms with van der Waals surface area (Å²) >= 11 is 0. The second kappa shape index (κ2) is 14.6. The molecule has 0 bridgehead atoms. The maximum absolute atomic E-state index is 4.64. The van der Waals surface area contributed by atoms with Crippen LogP contribution in [0.3, 0.4) is 0 Å². The van der Waals surface area contributed by atoms with E-state index in [1.807, 2.05) is 36.8 Å². The van der Waals surface area contributed by atoms with Gasteiger partial charge in [0, 0.05) is 109 Å². The fourth-order valence-corrected chi connectivity index (χ4v) is 7.23. The van der Waals surface area contributed by atoms with E-state index in [4.69, 9.17) is 0 Å². The van der Waals surface area contributed by atoms with Gasteiger partial charge in [0.2, 0.25) is 0 Å². The van der Waals surface area contributed by atoms with E-state index < -0.39 is 0 Å². The molecular weight excluding hydrogens is 558 g/mol. The summed E-state index contributed by atoms with van der Waals surface area (Å²) in [5.74, 6) is 4.73. The van der Waals surface area contributed by atoms with Crippen molar-refractivity contribution in [3.05, 3.63) is 71.7 Å². The number of rotatable bonds is 3. The molecule has 9 nitrogen and oxygen atoms in total. The van der Waals surface area contributed by atoms with E-state index in [0.717, 1.165) is 76.0 Å². The largest absolute Gasteiger partial charge is 0.316 e. The van der Waals surface area contributed by atoms with Gasteiger partial charge in [0.1, 0.15) is 0 Å². The summed E-state index contributed by atoms with van der Waals surface area (Å²) in [4.78, 5) is 26.8. The molecular formula is C36H45N9. The van der Waals surface area contributed by atoms with Crippen LogP contribution in [0.15, 0.2) is 70.0 Å². The topological polar surface area (TPSA) is 112 Å². The number of aromatic nitrogens is 3. The van der Waals surface area contributed by atoms with Crippen LogP contribution in [0.2, 0.25) is 0 Å². The van der Waals surface area contributed by atoms with Crippen LogP contribution in [0.4, 0.5) is 17.5 Å². The predicted octanol–water partition coefficient (Wildman–Crippen LogP) is 5.13. The minimum atomic E-state index is 0.632. The molecule has 9 heterocycles. The lowest BCUT2D eigenvalue weighted by Gasteiger charge is -2.22. The summed E-state index contributed by atoms with van der Waals surface area (Å²) in [6.07, 6.45) is 16.1. The molecule has 3 aromatic rings. The zero-order valence-corrected chi connectivity index (χ0v) is 26.2. The molecule has 6 aliphatic heterocycles. The Morgan fingerprint density at radius 2 is 0.800 bits per heavy atom. The average molecular weight is 604 g/mol. The molecule has 45 heavy (non-hydrogen) atoms. The van der Waals surface area contributed by atoms with Gasteiger partial charge in [-0.2, -0.15) is 0 Å². The zero-order valence-electron chi connectivity index (χ0n) is 26.2. The van der Waals surface area contributed by atoms with Gasteiger partial charge < -0.3 is 16.0 Å². The van der Waals surface area contributed by atoms with Crippen molar-refractivity contribution in [2.75, 3.05) is 39.3 Å². The lowest BCUT2D eigenvalue weighted by Crippen LogP contribution is -2.34. The van der Waals surface area contributed by atoms with E-state index in [0.29, 0.717) is 17.8 Å². The Labute approximate surface area is 266 Å². The van der Waals surface area contributed by atoms with E-state index in [1.165, 1.54) is 72.4 Å². The molecule has 234 valence electrons. The van der Waals surface area contributed by atoms with Crippen molar-refractivity contribution in [2.45, 2.75) is 57.8 Å². The highest BCUT2D eigenvalue weighted by Crippen LogP contribution is 2.30. The van der Waals surface area contributed by atoms with Gasteiger partial charge in [-0.1, -0.05) is 18.2 Å². The third-order valence-corrected chi connectivity index (χ3v) is 9.77. The lowest BCUT2D eigenvalue weighted by atomic mass is 9.92. The van der Waals surface area contributed by atoms with Gasteiger partial charge in [0.15, 0.2) is 17.5 Å². The molecule has 0 amide bonds. The van der Waals surface area contributed by atoms with Crippen LogP contribution >= 0.6 is 0 Å². The zero-order chi connectivity index (χ0) is 30.3. The maximum atomic E-state index is 4.64. The fraction of sp³-hybridized carbons (Fsp3) is 0.500. The summed E-state index contributed by atoms with van der Waals surface area (Å²) in [6, 6.07) is 12.4. The second-order valence-electron chi connectivity index (χ2n) is 12.9. The smallest absolute Gasteiger partial charge is 0.155 e. The van der Waals surface area contributed by atoms with Gasteiger partial charge in [-0.25, -0.2) is 29.9 Å². The van der Waals surface area contributed by atoms with Crippen LogP contribution in [0.5, 0.6) is 0 Å². The third-order valence-electron chi connectivity index (χ3n) is 9.77. The molecule has 3 fully saturated rings. The summed E-state index contributed by atoms with van der Waals surface area (Å²) in [5.41, 5.74) is 7.86. The number of fused-ring (bicyclic) bond motifs is 3. The van der Waals surface area contributed by atoms with Crippen molar-refractivity contribution in [3.63, 3.8) is 0 Å². The Morgan fingerprint density at radius 1 is 0.467 bits per heavy atom. The van der Waals surface area contributed by atoms with E-state index in [-0.39, 0.29) is 0 Å². The Bertz CT molecular complexity index is 1360. The summed E-state index contributed by atoms with van der Waals surface area (Å²) in [7, 11) is 0. The van der Waals surface area contributed by atoms with Gasteiger partial charge in [-0.3, -0.25) is 0 Å². The number of piperidine rings is 3. The minimum Gasteiger partial charge on any atom is -0.316 e. The molecule has 3 atom stereocenters. The van der Waals surface area contributed by atoms with Crippen molar-refractivity contribution < 1.29 is 0 Å². The first kappa shape index (κ1) is 30.0. The van der Waals surface area contributed by atoms with E-state index in [9.17, 15) is 0 Å². The molecule has 9 heteroatoms. The summed E-state index contributed by atoms with van der Waals surface area (Å²) in [5, 5.41) is 10.3. The molecule has 3 aromatic heterocycles. The maximum Gasteiger partial charge on any atom is 0.155 e. The monoisotopic (exact) mass is 603 g/mol. The Hall–Kier alpha value is -3.66. The number of hydrogen-bond donors (Lipinski definition) is 3. The summed E-state index contributed by atoms with van der Waals surface area (Å²) in [6.45, 7) is 6.76. The molecule has 0 spiro atoms. The van der Waals surface area contributed by atoms with Gasteiger partial charge >= 0.3 is 0 Å². The van der Waals surface area contributed by atoms with Gasteiger partial charge in [0.05, 0.1) is 0 Å². The molecule has 3 N–H and O–H groups in total. The first-order chi connectivity index (χ1) is 22.3. The molecule has 0 saturated carbocycles. The van der Waals surface area contributed by atoms with Crippen LogP contribution in [0.25, 0.3) is 0 Å². The lowest BCUT2D eigenvalue weighted by molar-refractivity contribution is 0.456. The molecule has 3 saturated heterocycles. The highest BCUT2D eigenvalue weighted by Gasteiger charge is 2.26. The van der Waals surface area contributed by atoms with E-state index >= 15 is 0 Å². The summed E-state index contributed by atoms with van der Waals surface area (Å²) < 4.78 is 0. The van der Waals surface area contributed by atoms with Crippen LogP contribution in [0, 0.1) is 17.8 Å². The van der Waals surface area contributed by atoms with E-state index in [1.54, 1.807) is 0 Å². The minimum absolute atomic E-state index is 0.632. The quantitative estimate of drug-likeness (QED) is 0.383. The molecule has 0 radical (unpaired) electrons. The number of nitrogens with zero attached hydrogens (tertiary/aromatic N) is 6. The molecule has 0 aromatic carbocycles. The SMILES string of the molecule is c1cnc2c(c1)CC(C1CCCNC1)=N2.c1cnc2c(c1)CC(C1CCCNC1)=N2.c1cnc2c(c1)CC(C1CCCNC1)=N2. The highest BCUT2D eigenvalue weighted by atomic mass is 15.0. The first-order valence-electron chi connectivity index (χ1n) is 17.0. The second-order valence-corrected chi connectivity index (χ2v) is 12.9. The number of nitrogens with one attached hydrogen (secondary N) is 3. The predicted molar refractivity (Wildman–Crippen MR) is 182 cm³/mol. The van der Waals surface area contributed by atoms with Gasteiger partial charge in [-0.15, -0.1) is 0 Å². The van der Waals surface area contributed by atoms with Crippen molar-refractivity contribution in [1.82, 2.24) is 30.9 Å². The van der Waals surface area contributed by atoms with Gasteiger partial charge in [0.25, 0.3) is 0 Å². The highest BCUT2D eigenvalue weighted by molar-refractivity contribution is 5.96. The normalized spacial score (nSPS) is 24.8. The Kier molecular flexibility index (Phi) is 9.75. The molecule has 6 aliphatic rings. The van der Waals surface area contributed by atoms with E-state index in [2.05, 4.69) is 64.1 Å². The van der Waals surface area contributed by atoms with Crippen molar-refractivity contribution in [2.24, 2.45) is 32.7 Å². The number of hydrogen-bond acceptors (Lipinski definition) is 9. The molecule has 3 unspecified atom stereocenters. The van der Waals surface area contributed by atoms with Crippen LogP contribution in [0.1, 0.15) is 55.2 Å². The molecule has 9 rings (SSSR count). The Balaban J connectivity index is 0.000000108. The molecule has 0 aliphatic carbocycles. The number of aliphatic imine (C=N–C) groups is 3.